The minimum absolute atomic E-state index is 0.169. The van der Waals surface area contributed by atoms with E-state index in [4.69, 9.17) is 4.74 Å². The van der Waals surface area contributed by atoms with Crippen LogP contribution < -0.4 is 10.6 Å². The number of hydrogen-bond acceptors (Lipinski definition) is 4. The molecule has 0 bridgehead atoms. The van der Waals surface area contributed by atoms with Gasteiger partial charge < -0.3 is 15.4 Å². The van der Waals surface area contributed by atoms with E-state index < -0.39 is 0 Å². The summed E-state index contributed by atoms with van der Waals surface area (Å²) >= 11 is 0. The number of aromatic nitrogens is 3. The first-order chi connectivity index (χ1) is 11.7. The summed E-state index contributed by atoms with van der Waals surface area (Å²) in [7, 11) is 1.71. The van der Waals surface area contributed by atoms with Crippen molar-refractivity contribution >= 4 is 6.03 Å². The van der Waals surface area contributed by atoms with Gasteiger partial charge in [-0.1, -0.05) is 23.4 Å². The molecule has 2 N–H and O–H groups in total. The number of hydrogen-bond donors (Lipinski definition) is 2. The summed E-state index contributed by atoms with van der Waals surface area (Å²) in [6.45, 7) is 1.89. The highest BCUT2D eigenvalue weighted by molar-refractivity contribution is 5.74. The molecule has 3 atom stereocenters. The van der Waals surface area contributed by atoms with Gasteiger partial charge in [0.15, 0.2) is 0 Å². The zero-order valence-corrected chi connectivity index (χ0v) is 14.0. The van der Waals surface area contributed by atoms with E-state index >= 15 is 0 Å². The Morgan fingerprint density at radius 2 is 2.12 bits per heavy atom. The van der Waals surface area contributed by atoms with Crippen LogP contribution in [0.5, 0.6) is 0 Å². The Kier molecular flexibility index (Phi) is 5.10. The van der Waals surface area contributed by atoms with Gasteiger partial charge in [0.25, 0.3) is 0 Å². The lowest BCUT2D eigenvalue weighted by Crippen LogP contribution is -2.42. The van der Waals surface area contributed by atoms with Crippen molar-refractivity contribution in [2.75, 3.05) is 7.11 Å². The minimum atomic E-state index is -0.220. The number of urea groups is 1. The SMILES string of the molecule is CO[C@@H]1CC[C@@H](NC(=O)N[C@H](C)c2cn(-c3ccccc3)nn2)C1. The second-order valence-corrected chi connectivity index (χ2v) is 6.13. The van der Waals surface area contributed by atoms with Crippen molar-refractivity contribution in [3.8, 4) is 5.69 Å². The standard InChI is InChI=1S/C17H23N5O2/c1-12(18-17(23)19-13-8-9-15(10-13)24-2)16-11-22(21-20-16)14-6-4-3-5-7-14/h3-7,11-13,15H,8-10H2,1-2H3,(H2,18,19,23)/t12-,13-,15-/m1/s1. The summed E-state index contributed by atoms with van der Waals surface area (Å²) in [6.07, 6.45) is 4.88. The molecule has 1 saturated carbocycles. The molecule has 0 aliphatic heterocycles. The summed E-state index contributed by atoms with van der Waals surface area (Å²) in [4.78, 5) is 12.1. The molecule has 2 aromatic rings. The summed E-state index contributed by atoms with van der Waals surface area (Å²) in [5, 5.41) is 14.2. The molecular weight excluding hydrogens is 306 g/mol. The van der Waals surface area contributed by atoms with E-state index in [2.05, 4.69) is 20.9 Å². The normalized spacial score (nSPS) is 21.4. The van der Waals surface area contributed by atoms with E-state index in [1.807, 2.05) is 43.5 Å². The number of ether oxygens (including phenoxy) is 1. The molecule has 0 unspecified atom stereocenters. The van der Waals surface area contributed by atoms with Crippen molar-refractivity contribution in [3.05, 3.63) is 42.2 Å². The van der Waals surface area contributed by atoms with Crippen LogP contribution in [-0.2, 0) is 4.74 Å². The summed E-state index contributed by atoms with van der Waals surface area (Å²) in [5.41, 5.74) is 1.65. The van der Waals surface area contributed by atoms with Gasteiger partial charge in [-0.2, -0.15) is 0 Å². The van der Waals surface area contributed by atoms with Crippen LogP contribution in [0.1, 0.15) is 37.9 Å². The highest BCUT2D eigenvalue weighted by atomic mass is 16.5. The third-order valence-electron chi connectivity index (χ3n) is 4.38. The molecule has 1 fully saturated rings. The smallest absolute Gasteiger partial charge is 0.315 e. The van der Waals surface area contributed by atoms with Crippen LogP contribution in [0.4, 0.5) is 4.79 Å². The average Bonchev–Trinajstić information content (AvgIpc) is 3.24. The summed E-state index contributed by atoms with van der Waals surface area (Å²) < 4.78 is 7.03. The van der Waals surface area contributed by atoms with Crippen LogP contribution in [0.25, 0.3) is 5.69 Å². The van der Waals surface area contributed by atoms with Crippen LogP contribution in [-0.4, -0.2) is 40.3 Å². The van der Waals surface area contributed by atoms with Gasteiger partial charge in [-0.3, -0.25) is 0 Å². The molecular formula is C17H23N5O2. The first-order valence-corrected chi connectivity index (χ1v) is 8.23. The molecule has 1 aliphatic rings. The number of nitrogens with zero attached hydrogens (tertiary/aromatic N) is 3. The van der Waals surface area contributed by atoms with Crippen molar-refractivity contribution in [1.29, 1.82) is 0 Å². The Balaban J connectivity index is 1.54. The molecule has 2 amide bonds. The maximum atomic E-state index is 12.1. The number of benzene rings is 1. The molecule has 0 saturated heterocycles. The maximum absolute atomic E-state index is 12.1. The van der Waals surface area contributed by atoms with Crippen molar-refractivity contribution in [2.24, 2.45) is 0 Å². The van der Waals surface area contributed by atoms with Gasteiger partial charge in [-0.05, 0) is 38.3 Å². The molecule has 1 aromatic heterocycles. The zero-order chi connectivity index (χ0) is 16.9. The Hall–Kier alpha value is -2.41. The van der Waals surface area contributed by atoms with Gasteiger partial charge in [0, 0.05) is 13.2 Å². The van der Waals surface area contributed by atoms with Gasteiger partial charge in [-0.25, -0.2) is 9.48 Å². The summed E-state index contributed by atoms with van der Waals surface area (Å²) in [5.74, 6) is 0. The fourth-order valence-corrected chi connectivity index (χ4v) is 2.96. The van der Waals surface area contributed by atoms with Gasteiger partial charge >= 0.3 is 6.03 Å². The second kappa shape index (κ2) is 7.44. The maximum Gasteiger partial charge on any atom is 0.315 e. The zero-order valence-electron chi connectivity index (χ0n) is 14.0. The number of methoxy groups -OCH3 is 1. The first kappa shape index (κ1) is 16.4. The second-order valence-electron chi connectivity index (χ2n) is 6.13. The molecule has 0 radical (unpaired) electrons. The average molecular weight is 329 g/mol. The van der Waals surface area contributed by atoms with E-state index in [9.17, 15) is 4.79 Å². The lowest BCUT2D eigenvalue weighted by Gasteiger charge is -2.16. The molecule has 128 valence electrons. The molecule has 1 heterocycles. The van der Waals surface area contributed by atoms with Crippen molar-refractivity contribution in [2.45, 2.75) is 44.4 Å². The van der Waals surface area contributed by atoms with E-state index in [0.29, 0.717) is 0 Å². The van der Waals surface area contributed by atoms with Crippen LogP contribution in [0.2, 0.25) is 0 Å². The number of para-hydroxylation sites is 1. The molecule has 1 aromatic carbocycles. The van der Waals surface area contributed by atoms with E-state index in [1.165, 1.54) is 0 Å². The number of amides is 2. The van der Waals surface area contributed by atoms with Crippen molar-refractivity contribution in [3.63, 3.8) is 0 Å². The fraction of sp³-hybridized carbons (Fsp3) is 0.471. The van der Waals surface area contributed by atoms with Crippen LogP contribution in [0.3, 0.4) is 0 Å². The molecule has 1 aliphatic carbocycles. The number of nitrogens with one attached hydrogen (secondary N) is 2. The van der Waals surface area contributed by atoms with Gasteiger partial charge in [-0.15, -0.1) is 5.10 Å². The van der Waals surface area contributed by atoms with E-state index in [0.717, 1.165) is 30.6 Å². The molecule has 24 heavy (non-hydrogen) atoms. The highest BCUT2D eigenvalue weighted by Crippen LogP contribution is 2.21. The Morgan fingerprint density at radius 1 is 1.33 bits per heavy atom. The summed E-state index contributed by atoms with van der Waals surface area (Å²) in [6, 6.07) is 9.52. The molecule has 7 heteroatoms. The predicted octanol–water partition coefficient (Wildman–Crippen LogP) is 2.20. The van der Waals surface area contributed by atoms with Gasteiger partial charge in [0.05, 0.1) is 24.0 Å². The lowest BCUT2D eigenvalue weighted by molar-refractivity contribution is 0.107. The first-order valence-electron chi connectivity index (χ1n) is 8.23. The predicted molar refractivity (Wildman–Crippen MR) is 89.9 cm³/mol. The number of carbonyl (C=O) groups excluding carboxylic acids is 1. The largest absolute Gasteiger partial charge is 0.381 e. The number of carbonyl (C=O) groups is 1. The molecule has 7 nitrogen and oxygen atoms in total. The van der Waals surface area contributed by atoms with Crippen molar-refractivity contribution in [1.82, 2.24) is 25.6 Å². The van der Waals surface area contributed by atoms with Crippen LogP contribution in [0, 0.1) is 0 Å². The van der Waals surface area contributed by atoms with E-state index in [1.54, 1.807) is 11.8 Å². The highest BCUT2D eigenvalue weighted by Gasteiger charge is 2.26. The Bertz CT molecular complexity index is 673. The minimum Gasteiger partial charge on any atom is -0.381 e. The third kappa shape index (κ3) is 3.91. The Labute approximate surface area is 141 Å². The van der Waals surface area contributed by atoms with Gasteiger partial charge in [0.1, 0.15) is 5.69 Å². The monoisotopic (exact) mass is 329 g/mol. The van der Waals surface area contributed by atoms with Crippen LogP contribution in [0.15, 0.2) is 36.5 Å². The van der Waals surface area contributed by atoms with Crippen LogP contribution >= 0.6 is 0 Å². The molecule has 3 rings (SSSR count). The lowest BCUT2D eigenvalue weighted by atomic mass is 10.2. The van der Waals surface area contributed by atoms with Crippen molar-refractivity contribution < 1.29 is 9.53 Å². The van der Waals surface area contributed by atoms with Gasteiger partial charge in [0.2, 0.25) is 0 Å². The third-order valence-corrected chi connectivity index (χ3v) is 4.38. The quantitative estimate of drug-likeness (QED) is 0.881. The fourth-order valence-electron chi connectivity index (χ4n) is 2.96. The Morgan fingerprint density at radius 3 is 2.83 bits per heavy atom. The topological polar surface area (TPSA) is 81.1 Å². The molecule has 0 spiro atoms. The number of rotatable bonds is 5. The van der Waals surface area contributed by atoms with E-state index in [-0.39, 0.29) is 24.2 Å².